The predicted molar refractivity (Wildman–Crippen MR) is 91.8 cm³/mol. The minimum Gasteiger partial charge on any atom is -0.378 e. The molecule has 0 radical (unpaired) electrons. The predicted octanol–water partition coefficient (Wildman–Crippen LogP) is 1.94. The van der Waals surface area contributed by atoms with Crippen LogP contribution >= 0.6 is 0 Å². The van der Waals surface area contributed by atoms with Crippen LogP contribution in [0.25, 0.3) is 0 Å². The first-order valence-corrected chi connectivity index (χ1v) is 9.63. The molecule has 0 bridgehead atoms. The Morgan fingerprint density at radius 3 is 2.04 bits per heavy atom. The summed E-state index contributed by atoms with van der Waals surface area (Å²) >= 11 is 0. The van der Waals surface area contributed by atoms with E-state index in [4.69, 9.17) is 4.74 Å². The van der Waals surface area contributed by atoms with Gasteiger partial charge in [-0.25, -0.2) is 4.79 Å². The number of hydrogen-bond donors (Lipinski definition) is 0. The molecule has 3 aliphatic rings. The van der Waals surface area contributed by atoms with E-state index in [0.717, 1.165) is 12.3 Å². The van der Waals surface area contributed by atoms with Crippen molar-refractivity contribution in [2.45, 2.75) is 44.9 Å². The number of rotatable bonds is 3. The lowest BCUT2D eigenvalue weighted by Gasteiger charge is -2.38. The molecule has 6 nitrogen and oxygen atoms in total. The standard InChI is InChI=1S/C18H31N3O3/c22-17(7-6-16-4-2-1-3-5-16)19-8-10-20(11-9-19)18(23)21-12-14-24-15-13-21/h16H,1-15H2. The summed E-state index contributed by atoms with van der Waals surface area (Å²) < 4.78 is 5.30. The Morgan fingerprint density at radius 2 is 1.38 bits per heavy atom. The van der Waals surface area contributed by atoms with Crippen LogP contribution in [-0.2, 0) is 9.53 Å². The van der Waals surface area contributed by atoms with Gasteiger partial charge in [-0.2, -0.15) is 0 Å². The van der Waals surface area contributed by atoms with Crippen LogP contribution < -0.4 is 0 Å². The van der Waals surface area contributed by atoms with E-state index in [-0.39, 0.29) is 11.9 Å². The molecular weight excluding hydrogens is 306 g/mol. The second-order valence-corrected chi connectivity index (χ2v) is 7.29. The number of morpholine rings is 1. The number of carbonyl (C=O) groups is 2. The molecule has 0 atom stereocenters. The van der Waals surface area contributed by atoms with Gasteiger partial charge in [-0.05, 0) is 12.3 Å². The third-order valence-corrected chi connectivity index (χ3v) is 5.68. The Labute approximate surface area is 145 Å². The first kappa shape index (κ1) is 17.5. The molecule has 0 N–H and O–H groups in total. The lowest BCUT2D eigenvalue weighted by atomic mass is 9.86. The number of urea groups is 1. The maximum absolute atomic E-state index is 12.5. The molecule has 1 aliphatic carbocycles. The molecule has 3 rings (SSSR count). The third-order valence-electron chi connectivity index (χ3n) is 5.68. The Hall–Kier alpha value is -1.30. The largest absolute Gasteiger partial charge is 0.378 e. The summed E-state index contributed by atoms with van der Waals surface area (Å²) in [4.78, 5) is 30.6. The van der Waals surface area contributed by atoms with E-state index in [2.05, 4.69) is 0 Å². The fourth-order valence-corrected chi connectivity index (χ4v) is 4.06. The number of amides is 3. The third kappa shape index (κ3) is 4.62. The highest BCUT2D eigenvalue weighted by atomic mass is 16.5. The summed E-state index contributed by atoms with van der Waals surface area (Å²) in [6.07, 6.45) is 8.37. The van der Waals surface area contributed by atoms with E-state index >= 15 is 0 Å². The first-order valence-electron chi connectivity index (χ1n) is 9.63. The molecule has 3 amide bonds. The molecule has 1 saturated carbocycles. The van der Waals surface area contributed by atoms with Crippen LogP contribution in [0.15, 0.2) is 0 Å². The molecule has 3 fully saturated rings. The van der Waals surface area contributed by atoms with Gasteiger partial charge in [0, 0.05) is 45.7 Å². The van der Waals surface area contributed by atoms with E-state index < -0.39 is 0 Å². The van der Waals surface area contributed by atoms with E-state index in [1.807, 2.05) is 14.7 Å². The summed E-state index contributed by atoms with van der Waals surface area (Å²) in [6, 6.07) is 0.104. The normalized spacial score (nSPS) is 23.4. The van der Waals surface area contributed by atoms with Crippen molar-refractivity contribution < 1.29 is 14.3 Å². The molecule has 0 unspecified atom stereocenters. The molecule has 2 aliphatic heterocycles. The summed E-state index contributed by atoms with van der Waals surface area (Å²) in [5.74, 6) is 1.03. The van der Waals surface area contributed by atoms with Crippen molar-refractivity contribution in [3.8, 4) is 0 Å². The summed E-state index contributed by atoms with van der Waals surface area (Å²) in [6.45, 7) is 5.30. The van der Waals surface area contributed by atoms with Gasteiger partial charge in [0.1, 0.15) is 0 Å². The van der Waals surface area contributed by atoms with Crippen molar-refractivity contribution in [2.75, 3.05) is 52.5 Å². The van der Waals surface area contributed by atoms with Gasteiger partial charge in [-0.15, -0.1) is 0 Å². The molecule has 2 heterocycles. The molecule has 136 valence electrons. The van der Waals surface area contributed by atoms with Crippen LogP contribution in [0.2, 0.25) is 0 Å². The summed E-state index contributed by atoms with van der Waals surface area (Å²) in [5.41, 5.74) is 0. The lowest BCUT2D eigenvalue weighted by molar-refractivity contribution is -0.133. The van der Waals surface area contributed by atoms with Crippen molar-refractivity contribution in [3.63, 3.8) is 0 Å². The number of carbonyl (C=O) groups excluding carboxylic acids is 2. The topological polar surface area (TPSA) is 53.1 Å². The smallest absolute Gasteiger partial charge is 0.320 e. The highest BCUT2D eigenvalue weighted by molar-refractivity contribution is 5.77. The van der Waals surface area contributed by atoms with E-state index in [0.29, 0.717) is 58.9 Å². The molecule has 6 heteroatoms. The second-order valence-electron chi connectivity index (χ2n) is 7.29. The molecule has 0 aromatic rings. The zero-order chi connectivity index (χ0) is 16.8. The van der Waals surface area contributed by atoms with E-state index in [9.17, 15) is 9.59 Å². The average molecular weight is 337 g/mol. The monoisotopic (exact) mass is 337 g/mol. The van der Waals surface area contributed by atoms with Crippen molar-refractivity contribution in [1.29, 1.82) is 0 Å². The maximum Gasteiger partial charge on any atom is 0.320 e. The average Bonchev–Trinajstić information content (AvgIpc) is 2.67. The molecular formula is C18H31N3O3. The van der Waals surface area contributed by atoms with Crippen LogP contribution in [0, 0.1) is 5.92 Å². The van der Waals surface area contributed by atoms with Crippen LogP contribution in [0.1, 0.15) is 44.9 Å². The van der Waals surface area contributed by atoms with Gasteiger partial charge < -0.3 is 19.4 Å². The molecule has 0 aromatic carbocycles. The van der Waals surface area contributed by atoms with Crippen LogP contribution in [0.3, 0.4) is 0 Å². The van der Waals surface area contributed by atoms with Crippen molar-refractivity contribution in [2.24, 2.45) is 5.92 Å². The van der Waals surface area contributed by atoms with Gasteiger partial charge in [-0.1, -0.05) is 32.1 Å². The fourth-order valence-electron chi connectivity index (χ4n) is 4.06. The zero-order valence-electron chi connectivity index (χ0n) is 14.8. The minimum absolute atomic E-state index is 0.104. The molecule has 24 heavy (non-hydrogen) atoms. The minimum atomic E-state index is 0.104. The van der Waals surface area contributed by atoms with Crippen LogP contribution in [0.5, 0.6) is 0 Å². The van der Waals surface area contributed by atoms with Crippen LogP contribution in [0.4, 0.5) is 4.79 Å². The Morgan fingerprint density at radius 1 is 0.792 bits per heavy atom. The van der Waals surface area contributed by atoms with Gasteiger partial charge in [-0.3, -0.25) is 4.79 Å². The number of piperazine rings is 1. The lowest BCUT2D eigenvalue weighted by Crippen LogP contribution is -2.55. The summed E-state index contributed by atoms with van der Waals surface area (Å²) in [7, 11) is 0. The molecule has 2 saturated heterocycles. The highest BCUT2D eigenvalue weighted by Gasteiger charge is 2.28. The van der Waals surface area contributed by atoms with Gasteiger partial charge in [0.2, 0.25) is 5.91 Å². The molecule has 0 spiro atoms. The quantitative estimate of drug-likeness (QED) is 0.791. The number of ether oxygens (including phenoxy) is 1. The summed E-state index contributed by atoms with van der Waals surface area (Å²) in [5, 5.41) is 0. The van der Waals surface area contributed by atoms with Gasteiger partial charge in [0.25, 0.3) is 0 Å². The van der Waals surface area contributed by atoms with Gasteiger partial charge in [0.05, 0.1) is 13.2 Å². The first-order chi connectivity index (χ1) is 11.7. The van der Waals surface area contributed by atoms with Crippen molar-refractivity contribution in [1.82, 2.24) is 14.7 Å². The van der Waals surface area contributed by atoms with Gasteiger partial charge in [0.15, 0.2) is 0 Å². The van der Waals surface area contributed by atoms with Crippen LogP contribution in [-0.4, -0.2) is 79.1 Å². The van der Waals surface area contributed by atoms with E-state index in [1.165, 1.54) is 32.1 Å². The van der Waals surface area contributed by atoms with Gasteiger partial charge >= 0.3 is 6.03 Å². The van der Waals surface area contributed by atoms with E-state index in [1.54, 1.807) is 0 Å². The molecule has 0 aromatic heterocycles. The maximum atomic E-state index is 12.5. The Balaban J connectivity index is 1.37. The Kier molecular flexibility index (Phi) is 6.35. The highest BCUT2D eigenvalue weighted by Crippen LogP contribution is 2.27. The zero-order valence-corrected chi connectivity index (χ0v) is 14.8. The fraction of sp³-hybridized carbons (Fsp3) is 0.889. The Bertz CT molecular complexity index is 423. The van der Waals surface area contributed by atoms with Crippen molar-refractivity contribution in [3.05, 3.63) is 0 Å². The number of nitrogens with zero attached hydrogens (tertiary/aromatic N) is 3. The SMILES string of the molecule is O=C(CCC1CCCCC1)N1CCN(C(=O)N2CCOCC2)CC1. The second kappa shape index (κ2) is 8.70. The number of hydrogen-bond acceptors (Lipinski definition) is 3. The van der Waals surface area contributed by atoms with Crippen molar-refractivity contribution >= 4 is 11.9 Å².